The molecule has 1 rings (SSSR count). The summed E-state index contributed by atoms with van der Waals surface area (Å²) in [5, 5.41) is 11.1. The summed E-state index contributed by atoms with van der Waals surface area (Å²) in [5.41, 5.74) is 0.489. The number of nitrogens with one attached hydrogen (secondary N) is 1. The largest absolute Gasteiger partial charge is 0.496 e. The summed E-state index contributed by atoms with van der Waals surface area (Å²) in [6.07, 6.45) is 2.26. The van der Waals surface area contributed by atoms with E-state index < -0.39 is 0 Å². The Morgan fingerprint density at radius 3 is 2.94 bits per heavy atom. The molecule has 5 heteroatoms. The fourth-order valence-electron chi connectivity index (χ4n) is 1.31. The standard InChI is InChI=1S/C12H14N2O2S/c1-16-11-8-9(17-2)4-5-10(11)12(15)14-7-3-6-13/h4-5,8H,3,7H2,1-2H3,(H,14,15). The minimum atomic E-state index is -0.218. The lowest BCUT2D eigenvalue weighted by Gasteiger charge is -2.09. The average molecular weight is 250 g/mol. The van der Waals surface area contributed by atoms with Crippen molar-refractivity contribution in [2.75, 3.05) is 19.9 Å². The van der Waals surface area contributed by atoms with Gasteiger partial charge < -0.3 is 10.1 Å². The van der Waals surface area contributed by atoms with Crippen molar-refractivity contribution in [1.29, 1.82) is 5.26 Å². The van der Waals surface area contributed by atoms with E-state index in [1.54, 1.807) is 17.8 Å². The fourth-order valence-corrected chi connectivity index (χ4v) is 1.74. The molecule has 1 N–H and O–H groups in total. The van der Waals surface area contributed by atoms with Crippen LogP contribution in [0.25, 0.3) is 0 Å². The second-order valence-electron chi connectivity index (χ2n) is 3.23. The summed E-state index contributed by atoms with van der Waals surface area (Å²) in [6, 6.07) is 7.39. The van der Waals surface area contributed by atoms with Crippen molar-refractivity contribution >= 4 is 17.7 Å². The van der Waals surface area contributed by atoms with Crippen LogP contribution in [-0.4, -0.2) is 25.8 Å². The number of nitriles is 1. The number of methoxy groups -OCH3 is 1. The Kier molecular flexibility index (Phi) is 5.37. The first-order chi connectivity index (χ1) is 8.22. The van der Waals surface area contributed by atoms with Gasteiger partial charge in [0.25, 0.3) is 5.91 Å². The third kappa shape index (κ3) is 3.68. The van der Waals surface area contributed by atoms with E-state index in [0.29, 0.717) is 24.3 Å². The van der Waals surface area contributed by atoms with Gasteiger partial charge in [-0.15, -0.1) is 11.8 Å². The Bertz CT molecular complexity index is 441. The van der Waals surface area contributed by atoms with Crippen LogP contribution < -0.4 is 10.1 Å². The van der Waals surface area contributed by atoms with Crippen molar-refractivity contribution in [1.82, 2.24) is 5.32 Å². The molecule has 0 fully saturated rings. The van der Waals surface area contributed by atoms with E-state index in [0.717, 1.165) is 4.90 Å². The van der Waals surface area contributed by atoms with Crippen molar-refractivity contribution in [3.05, 3.63) is 23.8 Å². The number of rotatable bonds is 5. The summed E-state index contributed by atoms with van der Waals surface area (Å²) in [6.45, 7) is 0.350. The Labute approximate surface area is 105 Å². The number of carbonyl (C=O) groups is 1. The number of hydrogen-bond donors (Lipinski definition) is 1. The third-order valence-electron chi connectivity index (χ3n) is 2.18. The van der Waals surface area contributed by atoms with Crippen molar-refractivity contribution in [2.45, 2.75) is 11.3 Å². The highest BCUT2D eigenvalue weighted by Gasteiger charge is 2.11. The topological polar surface area (TPSA) is 62.1 Å². The molecular formula is C12H14N2O2S. The first-order valence-electron chi connectivity index (χ1n) is 5.10. The smallest absolute Gasteiger partial charge is 0.255 e. The predicted octanol–water partition coefficient (Wildman–Crippen LogP) is 2.06. The summed E-state index contributed by atoms with van der Waals surface area (Å²) < 4.78 is 5.18. The first-order valence-corrected chi connectivity index (χ1v) is 6.32. The van der Waals surface area contributed by atoms with Crippen LogP contribution in [-0.2, 0) is 0 Å². The number of benzene rings is 1. The lowest BCUT2D eigenvalue weighted by atomic mass is 10.2. The summed E-state index contributed by atoms with van der Waals surface area (Å²) in [7, 11) is 1.53. The van der Waals surface area contributed by atoms with Gasteiger partial charge in [-0.1, -0.05) is 0 Å². The van der Waals surface area contributed by atoms with Gasteiger partial charge in [0.2, 0.25) is 0 Å². The molecule has 1 amide bonds. The molecule has 0 saturated heterocycles. The lowest BCUT2D eigenvalue weighted by Crippen LogP contribution is -2.24. The SMILES string of the molecule is COc1cc(SC)ccc1C(=O)NCCC#N. The third-order valence-corrected chi connectivity index (χ3v) is 2.90. The van der Waals surface area contributed by atoms with E-state index in [9.17, 15) is 4.79 Å². The Balaban J connectivity index is 2.82. The molecule has 0 aromatic heterocycles. The molecule has 0 unspecified atom stereocenters. The van der Waals surface area contributed by atoms with E-state index in [-0.39, 0.29) is 5.91 Å². The van der Waals surface area contributed by atoms with Gasteiger partial charge in [-0.05, 0) is 24.5 Å². The number of carbonyl (C=O) groups excluding carboxylic acids is 1. The van der Waals surface area contributed by atoms with Gasteiger partial charge in [-0.25, -0.2) is 0 Å². The molecule has 1 aromatic rings. The molecular weight excluding hydrogens is 236 g/mol. The fraction of sp³-hybridized carbons (Fsp3) is 0.333. The molecule has 0 atom stereocenters. The zero-order valence-electron chi connectivity index (χ0n) is 9.82. The number of amides is 1. The van der Waals surface area contributed by atoms with Crippen LogP contribution in [0.2, 0.25) is 0 Å². The molecule has 17 heavy (non-hydrogen) atoms. The van der Waals surface area contributed by atoms with Crippen LogP contribution in [0.5, 0.6) is 5.75 Å². The first kappa shape index (κ1) is 13.4. The quantitative estimate of drug-likeness (QED) is 0.642. The van der Waals surface area contributed by atoms with Gasteiger partial charge in [0.15, 0.2) is 0 Å². The van der Waals surface area contributed by atoms with Gasteiger partial charge in [0, 0.05) is 11.4 Å². The van der Waals surface area contributed by atoms with E-state index in [2.05, 4.69) is 5.32 Å². The van der Waals surface area contributed by atoms with Gasteiger partial charge in [-0.3, -0.25) is 4.79 Å². The molecule has 0 heterocycles. The predicted molar refractivity (Wildman–Crippen MR) is 67.3 cm³/mol. The molecule has 0 aliphatic heterocycles. The summed E-state index contributed by atoms with van der Waals surface area (Å²) in [4.78, 5) is 12.8. The van der Waals surface area contributed by atoms with Gasteiger partial charge in [0.1, 0.15) is 5.75 Å². The summed E-state index contributed by atoms with van der Waals surface area (Å²) in [5.74, 6) is 0.330. The van der Waals surface area contributed by atoms with Crippen LogP contribution >= 0.6 is 11.8 Å². The maximum Gasteiger partial charge on any atom is 0.255 e. The van der Waals surface area contributed by atoms with Crippen LogP contribution in [0.1, 0.15) is 16.8 Å². The second-order valence-corrected chi connectivity index (χ2v) is 4.11. The molecule has 0 aliphatic rings. The van der Waals surface area contributed by atoms with Crippen LogP contribution in [0.3, 0.4) is 0 Å². The van der Waals surface area contributed by atoms with Gasteiger partial charge in [0.05, 0.1) is 25.2 Å². The van der Waals surface area contributed by atoms with E-state index in [1.165, 1.54) is 7.11 Å². The number of ether oxygens (including phenoxy) is 1. The molecule has 0 spiro atoms. The average Bonchev–Trinajstić information content (AvgIpc) is 2.38. The molecule has 0 saturated carbocycles. The molecule has 0 aliphatic carbocycles. The molecule has 1 aromatic carbocycles. The maximum atomic E-state index is 11.8. The highest BCUT2D eigenvalue weighted by atomic mass is 32.2. The Morgan fingerprint density at radius 2 is 2.35 bits per heavy atom. The van der Waals surface area contributed by atoms with Crippen molar-refractivity contribution in [3.63, 3.8) is 0 Å². The van der Waals surface area contributed by atoms with Crippen molar-refractivity contribution < 1.29 is 9.53 Å². The van der Waals surface area contributed by atoms with Crippen LogP contribution in [0.15, 0.2) is 23.1 Å². The minimum Gasteiger partial charge on any atom is -0.496 e. The highest BCUT2D eigenvalue weighted by molar-refractivity contribution is 7.98. The van der Waals surface area contributed by atoms with E-state index in [4.69, 9.17) is 10.00 Å². The van der Waals surface area contributed by atoms with Crippen LogP contribution in [0.4, 0.5) is 0 Å². The molecule has 0 bridgehead atoms. The van der Waals surface area contributed by atoms with Gasteiger partial charge in [-0.2, -0.15) is 5.26 Å². The van der Waals surface area contributed by atoms with Crippen LogP contribution in [0, 0.1) is 11.3 Å². The number of nitrogens with zero attached hydrogens (tertiary/aromatic N) is 1. The number of hydrogen-bond acceptors (Lipinski definition) is 4. The molecule has 90 valence electrons. The molecule has 4 nitrogen and oxygen atoms in total. The number of thioether (sulfide) groups is 1. The highest BCUT2D eigenvalue weighted by Crippen LogP contribution is 2.25. The zero-order chi connectivity index (χ0) is 12.7. The van der Waals surface area contributed by atoms with E-state index in [1.807, 2.05) is 24.5 Å². The minimum absolute atomic E-state index is 0.218. The Morgan fingerprint density at radius 1 is 1.59 bits per heavy atom. The zero-order valence-corrected chi connectivity index (χ0v) is 10.6. The van der Waals surface area contributed by atoms with E-state index >= 15 is 0 Å². The van der Waals surface area contributed by atoms with Gasteiger partial charge >= 0.3 is 0 Å². The monoisotopic (exact) mass is 250 g/mol. The summed E-state index contributed by atoms with van der Waals surface area (Å²) >= 11 is 1.59. The molecule has 0 radical (unpaired) electrons. The van der Waals surface area contributed by atoms with Crippen molar-refractivity contribution in [3.8, 4) is 11.8 Å². The second kappa shape index (κ2) is 6.81. The maximum absolute atomic E-state index is 11.8. The lowest BCUT2D eigenvalue weighted by molar-refractivity contribution is 0.0951. The normalized spacial score (nSPS) is 9.47. The van der Waals surface area contributed by atoms with Crippen molar-refractivity contribution in [2.24, 2.45) is 0 Å². The Hall–Kier alpha value is -1.67.